The van der Waals surface area contributed by atoms with Crippen LogP contribution in [0.5, 0.6) is 0 Å². The zero-order valence-electron chi connectivity index (χ0n) is 17.2. The third-order valence-corrected chi connectivity index (χ3v) is 7.00. The predicted molar refractivity (Wildman–Crippen MR) is 126 cm³/mol. The molecule has 164 valence electrons. The first-order valence-electron chi connectivity index (χ1n) is 9.75. The molecule has 0 aliphatic carbocycles. The smallest absolute Gasteiger partial charge is 0.269 e. The van der Waals surface area contributed by atoms with Gasteiger partial charge in [-0.05, 0) is 23.8 Å². The van der Waals surface area contributed by atoms with Crippen molar-refractivity contribution in [2.24, 2.45) is 7.05 Å². The fourth-order valence-electron chi connectivity index (χ4n) is 3.20. The van der Waals surface area contributed by atoms with E-state index in [1.807, 2.05) is 36.4 Å². The van der Waals surface area contributed by atoms with E-state index in [-0.39, 0.29) is 17.1 Å². The van der Waals surface area contributed by atoms with Gasteiger partial charge in [-0.25, -0.2) is 4.98 Å². The Morgan fingerprint density at radius 3 is 2.58 bits per heavy atom. The molecule has 0 atom stereocenters. The van der Waals surface area contributed by atoms with Crippen LogP contribution in [0.1, 0.15) is 5.89 Å². The maximum absolute atomic E-state index is 12.9. The van der Waals surface area contributed by atoms with Gasteiger partial charge in [0.2, 0.25) is 11.8 Å². The Labute approximate surface area is 194 Å². The molecule has 11 heteroatoms. The largest absolute Gasteiger partial charge is 0.420 e. The first-order chi connectivity index (χ1) is 16.0. The molecule has 33 heavy (non-hydrogen) atoms. The molecule has 5 aromatic rings. The van der Waals surface area contributed by atoms with Gasteiger partial charge in [0.1, 0.15) is 4.83 Å². The minimum absolute atomic E-state index is 0.0135. The Morgan fingerprint density at radius 2 is 1.85 bits per heavy atom. The van der Waals surface area contributed by atoms with E-state index in [0.29, 0.717) is 32.6 Å². The highest BCUT2D eigenvalue weighted by atomic mass is 32.2. The Bertz CT molecular complexity index is 1520. The lowest BCUT2D eigenvalue weighted by atomic mass is 10.2. The number of nitro benzene ring substituents is 1. The van der Waals surface area contributed by atoms with Gasteiger partial charge in [0.25, 0.3) is 11.2 Å². The van der Waals surface area contributed by atoms with Crippen LogP contribution in [0.4, 0.5) is 5.69 Å². The van der Waals surface area contributed by atoms with Gasteiger partial charge in [0, 0.05) is 29.6 Å². The van der Waals surface area contributed by atoms with Gasteiger partial charge in [-0.2, -0.15) is 0 Å². The Hall–Kier alpha value is -3.83. The SMILES string of the molecule is Cn1c(SCc2nnc(-c3ccc([N+](=O)[O-])cc3)o2)nc2sc(-c3ccccc3)cc2c1=O. The number of nitro groups is 1. The zero-order valence-corrected chi connectivity index (χ0v) is 18.8. The highest BCUT2D eigenvalue weighted by molar-refractivity contribution is 7.98. The summed E-state index contributed by atoms with van der Waals surface area (Å²) in [4.78, 5) is 29.6. The van der Waals surface area contributed by atoms with Gasteiger partial charge in [0.05, 0.1) is 16.1 Å². The second-order valence-corrected chi connectivity index (χ2v) is 9.02. The van der Waals surface area contributed by atoms with Gasteiger partial charge in [-0.1, -0.05) is 42.1 Å². The van der Waals surface area contributed by atoms with Crippen molar-refractivity contribution in [2.75, 3.05) is 0 Å². The van der Waals surface area contributed by atoms with E-state index in [2.05, 4.69) is 15.2 Å². The van der Waals surface area contributed by atoms with Crippen LogP contribution in [0, 0.1) is 10.1 Å². The highest BCUT2D eigenvalue weighted by Gasteiger charge is 2.16. The summed E-state index contributed by atoms with van der Waals surface area (Å²) >= 11 is 2.80. The summed E-state index contributed by atoms with van der Waals surface area (Å²) in [7, 11) is 1.69. The number of rotatable bonds is 6. The molecule has 3 aromatic heterocycles. The molecule has 0 spiro atoms. The summed E-state index contributed by atoms with van der Waals surface area (Å²) in [6.45, 7) is 0. The normalized spacial score (nSPS) is 11.2. The van der Waals surface area contributed by atoms with E-state index in [1.54, 1.807) is 19.2 Å². The first-order valence-corrected chi connectivity index (χ1v) is 11.6. The maximum atomic E-state index is 12.9. The van der Waals surface area contributed by atoms with Gasteiger partial charge < -0.3 is 4.42 Å². The van der Waals surface area contributed by atoms with Crippen LogP contribution in [-0.2, 0) is 12.8 Å². The molecule has 0 saturated carbocycles. The second-order valence-electron chi connectivity index (χ2n) is 7.05. The fourth-order valence-corrected chi connectivity index (χ4v) is 5.09. The number of hydrogen-bond acceptors (Lipinski definition) is 9. The van der Waals surface area contributed by atoms with Crippen molar-refractivity contribution >= 4 is 39.0 Å². The first kappa shape index (κ1) is 21.0. The molecule has 0 amide bonds. The average Bonchev–Trinajstić information content (AvgIpc) is 3.49. The van der Waals surface area contributed by atoms with Crippen LogP contribution in [0.2, 0.25) is 0 Å². The minimum atomic E-state index is -0.468. The topological polar surface area (TPSA) is 117 Å². The number of thioether (sulfide) groups is 1. The number of nitrogens with zero attached hydrogens (tertiary/aromatic N) is 5. The zero-order chi connectivity index (χ0) is 22.9. The van der Waals surface area contributed by atoms with Crippen molar-refractivity contribution in [3.8, 4) is 21.9 Å². The molecule has 0 fully saturated rings. The molecule has 0 saturated heterocycles. The van der Waals surface area contributed by atoms with Crippen molar-refractivity contribution in [1.82, 2.24) is 19.7 Å². The van der Waals surface area contributed by atoms with E-state index in [4.69, 9.17) is 4.42 Å². The summed E-state index contributed by atoms with van der Waals surface area (Å²) in [6, 6.07) is 17.6. The summed E-state index contributed by atoms with van der Waals surface area (Å²) in [5.74, 6) is 0.949. The quantitative estimate of drug-likeness (QED) is 0.146. The average molecular weight is 478 g/mol. The molecule has 2 aromatic carbocycles. The van der Waals surface area contributed by atoms with Crippen LogP contribution < -0.4 is 5.56 Å². The maximum Gasteiger partial charge on any atom is 0.269 e. The molecule has 5 rings (SSSR count). The van der Waals surface area contributed by atoms with E-state index in [9.17, 15) is 14.9 Å². The molecule has 0 aliphatic rings. The molecule has 0 aliphatic heterocycles. The minimum Gasteiger partial charge on any atom is -0.420 e. The van der Waals surface area contributed by atoms with Crippen molar-refractivity contribution in [3.05, 3.63) is 87.0 Å². The highest BCUT2D eigenvalue weighted by Crippen LogP contribution is 2.32. The number of hydrogen-bond donors (Lipinski definition) is 0. The molecule has 0 bridgehead atoms. The van der Waals surface area contributed by atoms with Gasteiger partial charge in [-0.15, -0.1) is 21.5 Å². The van der Waals surface area contributed by atoms with Crippen LogP contribution in [0.15, 0.2) is 75.0 Å². The number of benzene rings is 2. The number of aromatic nitrogens is 4. The van der Waals surface area contributed by atoms with Crippen molar-refractivity contribution in [1.29, 1.82) is 0 Å². The molecule has 0 unspecified atom stereocenters. The fraction of sp³-hybridized carbons (Fsp3) is 0.0909. The molecule has 9 nitrogen and oxygen atoms in total. The lowest BCUT2D eigenvalue weighted by Gasteiger charge is -2.05. The standard InChI is InChI=1S/C22H15N5O4S2/c1-26-21(28)16-11-17(13-5-3-2-4-6-13)33-20(16)23-22(26)32-12-18-24-25-19(31-18)14-7-9-15(10-8-14)27(29)30/h2-11H,12H2,1H3. The van der Waals surface area contributed by atoms with E-state index >= 15 is 0 Å². The van der Waals surface area contributed by atoms with Crippen LogP contribution in [-0.4, -0.2) is 24.7 Å². The Balaban J connectivity index is 1.37. The van der Waals surface area contributed by atoms with Gasteiger partial charge in [0.15, 0.2) is 5.16 Å². The van der Waals surface area contributed by atoms with Crippen molar-refractivity contribution < 1.29 is 9.34 Å². The van der Waals surface area contributed by atoms with Crippen LogP contribution >= 0.6 is 23.1 Å². The molecular weight excluding hydrogens is 462 g/mol. The molecule has 0 radical (unpaired) electrons. The second kappa shape index (κ2) is 8.60. The van der Waals surface area contributed by atoms with E-state index in [0.717, 1.165) is 10.4 Å². The predicted octanol–water partition coefficient (Wildman–Crippen LogP) is 4.91. The summed E-state index contributed by atoms with van der Waals surface area (Å²) < 4.78 is 7.20. The lowest BCUT2D eigenvalue weighted by molar-refractivity contribution is -0.384. The third kappa shape index (κ3) is 4.15. The third-order valence-electron chi connectivity index (χ3n) is 4.91. The van der Waals surface area contributed by atoms with E-state index in [1.165, 1.54) is 39.8 Å². The Kier molecular flexibility index (Phi) is 5.48. The summed E-state index contributed by atoms with van der Waals surface area (Å²) in [5.41, 5.74) is 1.50. The molecule has 3 heterocycles. The number of non-ortho nitro benzene ring substituents is 1. The Morgan fingerprint density at radius 1 is 1.09 bits per heavy atom. The van der Waals surface area contributed by atoms with Crippen LogP contribution in [0.3, 0.4) is 0 Å². The monoisotopic (exact) mass is 477 g/mol. The van der Waals surface area contributed by atoms with Crippen molar-refractivity contribution in [2.45, 2.75) is 10.9 Å². The lowest BCUT2D eigenvalue weighted by Crippen LogP contribution is -2.19. The molecule has 0 N–H and O–H groups in total. The summed E-state index contributed by atoms with van der Waals surface area (Å²) in [5, 5.41) is 20.0. The van der Waals surface area contributed by atoms with Crippen LogP contribution in [0.25, 0.3) is 32.1 Å². The van der Waals surface area contributed by atoms with E-state index < -0.39 is 4.92 Å². The summed E-state index contributed by atoms with van der Waals surface area (Å²) in [6.07, 6.45) is 0. The van der Waals surface area contributed by atoms with Gasteiger partial charge in [-0.3, -0.25) is 19.5 Å². The molecular formula is C22H15N5O4S2. The number of thiophene rings is 1. The van der Waals surface area contributed by atoms with Crippen molar-refractivity contribution in [3.63, 3.8) is 0 Å². The number of fused-ring (bicyclic) bond motifs is 1. The van der Waals surface area contributed by atoms with Gasteiger partial charge >= 0.3 is 0 Å².